The third-order valence-corrected chi connectivity index (χ3v) is 3.35. The maximum Gasteiger partial charge on any atom is 0.339 e. The summed E-state index contributed by atoms with van der Waals surface area (Å²) in [6.45, 7) is 2.04. The molecule has 0 bridgehead atoms. The van der Waals surface area contributed by atoms with Crippen LogP contribution in [0.2, 0.25) is 0 Å². The van der Waals surface area contributed by atoms with Crippen LogP contribution in [-0.4, -0.2) is 13.1 Å². The molecule has 1 aromatic carbocycles. The topological polar surface area (TPSA) is 26.3 Å². The summed E-state index contributed by atoms with van der Waals surface area (Å²) in [5.74, 6) is -0.281. The molecule has 1 heterocycles. The van der Waals surface area contributed by atoms with Gasteiger partial charge in [0.05, 0.1) is 12.7 Å². The number of benzene rings is 1. The average Bonchev–Trinajstić information content (AvgIpc) is 2.78. The lowest BCUT2D eigenvalue weighted by Gasteiger charge is -2.02. The Kier molecular flexibility index (Phi) is 3.06. The van der Waals surface area contributed by atoms with E-state index >= 15 is 0 Å². The quantitative estimate of drug-likeness (QED) is 0.741. The fourth-order valence-electron chi connectivity index (χ4n) is 1.51. The molecule has 0 fully saturated rings. The fourth-order valence-corrected chi connectivity index (χ4v) is 2.40. The average molecular weight is 232 g/mol. The van der Waals surface area contributed by atoms with Gasteiger partial charge in [0.2, 0.25) is 0 Å². The molecule has 0 atom stereocenters. The van der Waals surface area contributed by atoms with Crippen LogP contribution in [0.4, 0.5) is 0 Å². The first-order valence-corrected chi connectivity index (χ1v) is 5.83. The minimum Gasteiger partial charge on any atom is -0.465 e. The van der Waals surface area contributed by atoms with E-state index in [0.717, 1.165) is 10.4 Å². The number of methoxy groups -OCH3 is 1. The maximum atomic E-state index is 11.5. The molecule has 0 amide bonds. The Bertz CT molecular complexity index is 497. The van der Waals surface area contributed by atoms with Crippen LogP contribution in [0.3, 0.4) is 0 Å². The second-order valence-electron chi connectivity index (χ2n) is 3.52. The van der Waals surface area contributed by atoms with Gasteiger partial charge >= 0.3 is 5.97 Å². The van der Waals surface area contributed by atoms with Gasteiger partial charge in [0.1, 0.15) is 0 Å². The van der Waals surface area contributed by atoms with Crippen LogP contribution in [0.1, 0.15) is 15.9 Å². The molecule has 0 aliphatic rings. The lowest BCUT2D eigenvalue weighted by molar-refractivity contribution is 0.0602. The smallest absolute Gasteiger partial charge is 0.339 e. The van der Waals surface area contributed by atoms with E-state index in [0.29, 0.717) is 5.56 Å². The van der Waals surface area contributed by atoms with E-state index in [1.54, 1.807) is 17.4 Å². The normalized spacial score (nSPS) is 10.1. The van der Waals surface area contributed by atoms with Crippen molar-refractivity contribution in [2.75, 3.05) is 7.11 Å². The third-order valence-electron chi connectivity index (χ3n) is 2.38. The molecule has 1 aromatic heterocycles. The second-order valence-corrected chi connectivity index (χ2v) is 4.44. The van der Waals surface area contributed by atoms with Gasteiger partial charge in [0, 0.05) is 4.88 Å². The largest absolute Gasteiger partial charge is 0.465 e. The highest BCUT2D eigenvalue weighted by atomic mass is 32.1. The minimum atomic E-state index is -0.281. The molecule has 2 rings (SSSR count). The van der Waals surface area contributed by atoms with E-state index in [1.165, 1.54) is 12.7 Å². The number of hydrogen-bond acceptors (Lipinski definition) is 3. The number of esters is 1. The van der Waals surface area contributed by atoms with Gasteiger partial charge in [-0.2, -0.15) is 0 Å². The van der Waals surface area contributed by atoms with E-state index in [4.69, 9.17) is 4.74 Å². The molecule has 0 aliphatic carbocycles. The Morgan fingerprint density at radius 3 is 2.50 bits per heavy atom. The summed E-state index contributed by atoms with van der Waals surface area (Å²) >= 11 is 1.55. The molecular formula is C13H12O2S. The van der Waals surface area contributed by atoms with Gasteiger partial charge < -0.3 is 4.74 Å². The number of rotatable bonds is 2. The highest BCUT2D eigenvalue weighted by Crippen LogP contribution is 2.30. The molecule has 0 N–H and O–H groups in total. The van der Waals surface area contributed by atoms with Crippen molar-refractivity contribution < 1.29 is 9.53 Å². The molecule has 82 valence electrons. The van der Waals surface area contributed by atoms with Gasteiger partial charge in [-0.05, 0) is 23.9 Å². The van der Waals surface area contributed by atoms with Crippen LogP contribution in [0, 0.1) is 6.92 Å². The molecule has 16 heavy (non-hydrogen) atoms. The summed E-state index contributed by atoms with van der Waals surface area (Å²) in [5.41, 5.74) is 2.90. The summed E-state index contributed by atoms with van der Waals surface area (Å²) < 4.78 is 4.75. The Labute approximate surface area is 98.5 Å². The van der Waals surface area contributed by atoms with Crippen LogP contribution >= 0.6 is 11.3 Å². The van der Waals surface area contributed by atoms with Gasteiger partial charge in [-0.3, -0.25) is 0 Å². The lowest BCUT2D eigenvalue weighted by atomic mass is 10.1. The summed E-state index contributed by atoms with van der Waals surface area (Å²) in [6.07, 6.45) is 0. The second kappa shape index (κ2) is 4.49. The Hall–Kier alpha value is -1.61. The van der Waals surface area contributed by atoms with Gasteiger partial charge in [-0.15, -0.1) is 11.3 Å². The van der Waals surface area contributed by atoms with E-state index in [2.05, 4.69) is 0 Å². The van der Waals surface area contributed by atoms with Gasteiger partial charge in [-0.25, -0.2) is 4.79 Å². The van der Waals surface area contributed by atoms with Gasteiger partial charge in [0.25, 0.3) is 0 Å². The van der Waals surface area contributed by atoms with Crippen LogP contribution in [-0.2, 0) is 4.74 Å². The Morgan fingerprint density at radius 2 is 1.88 bits per heavy atom. The van der Waals surface area contributed by atoms with Crippen molar-refractivity contribution in [1.29, 1.82) is 0 Å². The molecule has 0 aliphatic heterocycles. The number of carbonyl (C=O) groups is 1. The third kappa shape index (κ3) is 1.99. The van der Waals surface area contributed by atoms with E-state index in [9.17, 15) is 4.79 Å². The zero-order chi connectivity index (χ0) is 11.5. The van der Waals surface area contributed by atoms with Crippen molar-refractivity contribution >= 4 is 17.3 Å². The number of carbonyl (C=O) groups excluding carboxylic acids is 1. The standard InChI is InChI=1S/C13H12O2S/c1-9-3-5-10(6-4-9)12-11(7-8-16-12)13(14)15-2/h3-8H,1-2H3. The predicted molar refractivity (Wildman–Crippen MR) is 65.8 cm³/mol. The van der Waals surface area contributed by atoms with Crippen molar-refractivity contribution in [1.82, 2.24) is 0 Å². The van der Waals surface area contributed by atoms with Crippen LogP contribution in [0.25, 0.3) is 10.4 Å². The molecule has 0 saturated heterocycles. The molecule has 3 heteroatoms. The summed E-state index contributed by atoms with van der Waals surface area (Å²) in [7, 11) is 1.40. The SMILES string of the molecule is COC(=O)c1ccsc1-c1ccc(C)cc1. The van der Waals surface area contributed by atoms with Crippen LogP contribution in [0.5, 0.6) is 0 Å². The van der Waals surface area contributed by atoms with Crippen molar-refractivity contribution in [3.63, 3.8) is 0 Å². The number of aryl methyl sites for hydroxylation is 1. The van der Waals surface area contributed by atoms with Crippen molar-refractivity contribution in [3.05, 3.63) is 46.8 Å². The zero-order valence-electron chi connectivity index (χ0n) is 9.19. The zero-order valence-corrected chi connectivity index (χ0v) is 10.0. The van der Waals surface area contributed by atoms with Crippen LogP contribution in [0.15, 0.2) is 35.7 Å². The summed E-state index contributed by atoms with van der Waals surface area (Å²) in [5, 5.41) is 1.90. The lowest BCUT2D eigenvalue weighted by Crippen LogP contribution is -2.00. The highest BCUT2D eigenvalue weighted by Gasteiger charge is 2.14. The van der Waals surface area contributed by atoms with E-state index in [1.807, 2.05) is 36.6 Å². The summed E-state index contributed by atoms with van der Waals surface area (Å²) in [6, 6.07) is 9.92. The molecule has 2 nitrogen and oxygen atoms in total. The highest BCUT2D eigenvalue weighted by molar-refractivity contribution is 7.14. The molecular weight excluding hydrogens is 220 g/mol. The number of ether oxygens (including phenoxy) is 1. The predicted octanol–water partition coefficient (Wildman–Crippen LogP) is 3.51. The van der Waals surface area contributed by atoms with Crippen LogP contribution < -0.4 is 0 Å². The van der Waals surface area contributed by atoms with Gasteiger partial charge in [0.15, 0.2) is 0 Å². The van der Waals surface area contributed by atoms with E-state index < -0.39 is 0 Å². The minimum absolute atomic E-state index is 0.281. The molecule has 2 aromatic rings. The van der Waals surface area contributed by atoms with Gasteiger partial charge in [-0.1, -0.05) is 29.8 Å². The van der Waals surface area contributed by atoms with Crippen molar-refractivity contribution in [2.45, 2.75) is 6.92 Å². The molecule has 0 spiro atoms. The molecule has 0 unspecified atom stereocenters. The fraction of sp³-hybridized carbons (Fsp3) is 0.154. The first kappa shape index (κ1) is 10.9. The number of thiophene rings is 1. The Morgan fingerprint density at radius 1 is 1.19 bits per heavy atom. The monoisotopic (exact) mass is 232 g/mol. The van der Waals surface area contributed by atoms with E-state index in [-0.39, 0.29) is 5.97 Å². The Balaban J connectivity index is 2.44. The molecule has 0 radical (unpaired) electrons. The first-order valence-electron chi connectivity index (χ1n) is 4.95. The number of hydrogen-bond donors (Lipinski definition) is 0. The van der Waals surface area contributed by atoms with Crippen molar-refractivity contribution in [2.24, 2.45) is 0 Å². The molecule has 0 saturated carbocycles. The maximum absolute atomic E-state index is 11.5. The van der Waals surface area contributed by atoms with Crippen molar-refractivity contribution in [3.8, 4) is 10.4 Å². The summed E-state index contributed by atoms with van der Waals surface area (Å²) in [4.78, 5) is 12.5. The first-order chi connectivity index (χ1) is 7.72.